The molecule has 4 heteroatoms. The van der Waals surface area contributed by atoms with Gasteiger partial charge in [0, 0.05) is 18.7 Å². The maximum atomic E-state index is 13.3. The van der Waals surface area contributed by atoms with E-state index in [1.165, 1.54) is 12.1 Å². The molecule has 1 N–H and O–H groups in total. The third-order valence-corrected chi connectivity index (χ3v) is 4.04. The topological polar surface area (TPSA) is 40.5 Å². The van der Waals surface area contributed by atoms with Crippen LogP contribution in [0.15, 0.2) is 48.5 Å². The fourth-order valence-corrected chi connectivity index (χ4v) is 2.72. The van der Waals surface area contributed by atoms with Crippen molar-refractivity contribution in [2.24, 2.45) is 0 Å². The first-order valence-electron chi connectivity index (χ1n) is 7.47. The van der Waals surface area contributed by atoms with Crippen molar-refractivity contribution in [3.63, 3.8) is 0 Å². The summed E-state index contributed by atoms with van der Waals surface area (Å²) in [5.41, 5.74) is 2.29. The maximum absolute atomic E-state index is 13.3. The van der Waals surface area contributed by atoms with Crippen molar-refractivity contribution in [1.29, 1.82) is 0 Å². The normalized spacial score (nSPS) is 15.8. The lowest BCUT2D eigenvalue weighted by atomic mass is 10.0. The third kappa shape index (κ3) is 3.17. The highest BCUT2D eigenvalue weighted by Gasteiger charge is 2.22. The fourth-order valence-electron chi connectivity index (χ4n) is 2.72. The zero-order valence-corrected chi connectivity index (χ0v) is 12.2. The van der Waals surface area contributed by atoms with Gasteiger partial charge in [-0.3, -0.25) is 4.79 Å². The molecule has 0 saturated carbocycles. The summed E-state index contributed by atoms with van der Waals surface area (Å²) in [5, 5.41) is 9.50. The Morgan fingerprint density at radius 3 is 2.36 bits per heavy atom. The van der Waals surface area contributed by atoms with E-state index in [1.807, 2.05) is 18.2 Å². The number of nitrogens with zero attached hydrogens (tertiary/aromatic N) is 1. The molecule has 2 aromatic carbocycles. The van der Waals surface area contributed by atoms with E-state index >= 15 is 0 Å². The Kier molecular flexibility index (Phi) is 4.20. The maximum Gasteiger partial charge on any atom is 0.253 e. The van der Waals surface area contributed by atoms with Gasteiger partial charge in [-0.05, 0) is 48.2 Å². The molecule has 0 bridgehead atoms. The highest BCUT2D eigenvalue weighted by Crippen LogP contribution is 2.21. The molecule has 0 unspecified atom stereocenters. The quantitative estimate of drug-likeness (QED) is 0.925. The van der Waals surface area contributed by atoms with Crippen LogP contribution in [0.2, 0.25) is 0 Å². The van der Waals surface area contributed by atoms with Gasteiger partial charge in [-0.2, -0.15) is 0 Å². The number of carbonyl (C=O) groups is 1. The number of aliphatic hydroxyl groups is 1. The standard InChI is InChI=1S/C18H18FNO2/c19-16-3-1-2-15(12-16)13-4-6-14(7-5-13)18(22)20-10-8-17(21)9-11-20/h1-7,12,17,21H,8-11H2. The van der Waals surface area contributed by atoms with Crippen molar-refractivity contribution >= 4 is 5.91 Å². The number of halogens is 1. The summed E-state index contributed by atoms with van der Waals surface area (Å²) in [6.07, 6.45) is 0.972. The first kappa shape index (κ1) is 14.7. The van der Waals surface area contributed by atoms with Crippen LogP contribution in [-0.4, -0.2) is 35.1 Å². The van der Waals surface area contributed by atoms with E-state index in [-0.39, 0.29) is 17.8 Å². The number of piperidine rings is 1. The van der Waals surface area contributed by atoms with Crippen LogP contribution in [0.5, 0.6) is 0 Å². The van der Waals surface area contributed by atoms with Gasteiger partial charge in [0.15, 0.2) is 0 Å². The number of rotatable bonds is 2. The Morgan fingerprint density at radius 2 is 1.73 bits per heavy atom. The summed E-state index contributed by atoms with van der Waals surface area (Å²) in [4.78, 5) is 14.2. The third-order valence-electron chi connectivity index (χ3n) is 4.04. The lowest BCUT2D eigenvalue weighted by molar-refractivity contribution is 0.0546. The average molecular weight is 299 g/mol. The lowest BCUT2D eigenvalue weighted by Crippen LogP contribution is -2.40. The van der Waals surface area contributed by atoms with E-state index in [1.54, 1.807) is 23.1 Å². The Hall–Kier alpha value is -2.20. The lowest BCUT2D eigenvalue weighted by Gasteiger charge is -2.29. The van der Waals surface area contributed by atoms with Crippen LogP contribution in [0.4, 0.5) is 4.39 Å². The minimum Gasteiger partial charge on any atom is -0.393 e. The van der Waals surface area contributed by atoms with Gasteiger partial charge in [-0.15, -0.1) is 0 Å². The van der Waals surface area contributed by atoms with E-state index < -0.39 is 0 Å². The van der Waals surface area contributed by atoms with Gasteiger partial charge >= 0.3 is 0 Å². The molecule has 2 aromatic rings. The Labute approximate surface area is 129 Å². The van der Waals surface area contributed by atoms with Gasteiger partial charge in [0.2, 0.25) is 0 Å². The molecule has 114 valence electrons. The number of benzene rings is 2. The first-order chi connectivity index (χ1) is 10.6. The van der Waals surface area contributed by atoms with E-state index in [0.717, 1.165) is 11.1 Å². The van der Waals surface area contributed by atoms with Crippen LogP contribution >= 0.6 is 0 Å². The molecule has 0 aromatic heterocycles. The summed E-state index contributed by atoms with van der Waals surface area (Å²) in [7, 11) is 0. The molecule has 3 nitrogen and oxygen atoms in total. The van der Waals surface area contributed by atoms with Gasteiger partial charge in [0.25, 0.3) is 5.91 Å². The smallest absolute Gasteiger partial charge is 0.253 e. The second kappa shape index (κ2) is 6.28. The van der Waals surface area contributed by atoms with Crippen molar-refractivity contribution < 1.29 is 14.3 Å². The zero-order valence-electron chi connectivity index (χ0n) is 12.2. The summed E-state index contributed by atoms with van der Waals surface area (Å²) in [6.45, 7) is 1.18. The van der Waals surface area contributed by atoms with Crippen LogP contribution in [-0.2, 0) is 0 Å². The Balaban J connectivity index is 1.75. The molecule has 1 saturated heterocycles. The van der Waals surface area contributed by atoms with Crippen LogP contribution in [0.25, 0.3) is 11.1 Å². The molecule has 0 radical (unpaired) electrons. The monoisotopic (exact) mass is 299 g/mol. The van der Waals surface area contributed by atoms with E-state index in [2.05, 4.69) is 0 Å². The predicted octanol–water partition coefficient (Wildman–Crippen LogP) is 3.09. The largest absolute Gasteiger partial charge is 0.393 e. The van der Waals surface area contributed by atoms with Crippen LogP contribution in [0.1, 0.15) is 23.2 Å². The number of hydrogen-bond donors (Lipinski definition) is 1. The Bertz CT molecular complexity index is 661. The Morgan fingerprint density at radius 1 is 1.05 bits per heavy atom. The SMILES string of the molecule is O=C(c1ccc(-c2cccc(F)c2)cc1)N1CCC(O)CC1. The molecule has 0 aliphatic carbocycles. The minimum absolute atomic E-state index is 0.0160. The van der Waals surface area contributed by atoms with Crippen molar-refractivity contribution in [2.75, 3.05) is 13.1 Å². The van der Waals surface area contributed by atoms with E-state index in [0.29, 0.717) is 31.5 Å². The average Bonchev–Trinajstić information content (AvgIpc) is 2.55. The zero-order chi connectivity index (χ0) is 15.5. The molecule has 1 amide bonds. The highest BCUT2D eigenvalue weighted by molar-refractivity contribution is 5.94. The summed E-state index contributed by atoms with van der Waals surface area (Å²) in [5.74, 6) is -0.290. The number of aliphatic hydroxyl groups excluding tert-OH is 1. The van der Waals surface area contributed by atoms with Gasteiger partial charge < -0.3 is 10.0 Å². The second-order valence-corrected chi connectivity index (χ2v) is 5.61. The molecule has 22 heavy (non-hydrogen) atoms. The first-order valence-corrected chi connectivity index (χ1v) is 7.47. The van der Waals surface area contributed by atoms with Gasteiger partial charge in [0.1, 0.15) is 5.82 Å². The minimum atomic E-state index is -0.292. The number of hydrogen-bond acceptors (Lipinski definition) is 2. The number of carbonyl (C=O) groups excluding carboxylic acids is 1. The molecule has 1 aliphatic rings. The van der Waals surface area contributed by atoms with Gasteiger partial charge in [-0.25, -0.2) is 4.39 Å². The molecule has 0 spiro atoms. The molecule has 1 aliphatic heterocycles. The summed E-state index contributed by atoms with van der Waals surface area (Å²) < 4.78 is 13.3. The van der Waals surface area contributed by atoms with E-state index in [9.17, 15) is 14.3 Å². The van der Waals surface area contributed by atoms with Crippen LogP contribution in [0.3, 0.4) is 0 Å². The molecule has 3 rings (SSSR count). The number of likely N-dealkylation sites (tertiary alicyclic amines) is 1. The van der Waals surface area contributed by atoms with Crippen molar-refractivity contribution in [3.05, 3.63) is 59.9 Å². The van der Waals surface area contributed by atoms with Crippen molar-refractivity contribution in [2.45, 2.75) is 18.9 Å². The summed E-state index contributed by atoms with van der Waals surface area (Å²) >= 11 is 0. The number of amides is 1. The summed E-state index contributed by atoms with van der Waals surface area (Å²) in [6, 6.07) is 13.6. The molecule has 1 heterocycles. The molecular weight excluding hydrogens is 281 g/mol. The molecule has 1 fully saturated rings. The van der Waals surface area contributed by atoms with Crippen LogP contribution < -0.4 is 0 Å². The van der Waals surface area contributed by atoms with Gasteiger partial charge in [-0.1, -0.05) is 24.3 Å². The molecular formula is C18H18FNO2. The molecule has 0 atom stereocenters. The highest BCUT2D eigenvalue weighted by atomic mass is 19.1. The van der Waals surface area contributed by atoms with Gasteiger partial charge in [0.05, 0.1) is 6.10 Å². The van der Waals surface area contributed by atoms with E-state index in [4.69, 9.17) is 0 Å². The van der Waals surface area contributed by atoms with Crippen molar-refractivity contribution in [1.82, 2.24) is 4.90 Å². The van der Waals surface area contributed by atoms with Crippen LogP contribution in [0, 0.1) is 5.82 Å². The fraction of sp³-hybridized carbons (Fsp3) is 0.278. The second-order valence-electron chi connectivity index (χ2n) is 5.61. The van der Waals surface area contributed by atoms with Crippen molar-refractivity contribution in [3.8, 4) is 11.1 Å². The predicted molar refractivity (Wildman–Crippen MR) is 83.0 cm³/mol.